The molecule has 0 radical (unpaired) electrons. The molecule has 1 aliphatic carbocycles. The molecule has 0 N–H and O–H groups in total. The highest BCUT2D eigenvalue weighted by molar-refractivity contribution is 6.08. The summed E-state index contributed by atoms with van der Waals surface area (Å²) in [6.45, 7) is 3.97. The molecule has 1 aromatic carbocycles. The molecule has 1 aromatic rings. The maximum Gasteiger partial charge on any atom is 0.188 e. The van der Waals surface area contributed by atoms with E-state index in [2.05, 4.69) is 12.1 Å². The van der Waals surface area contributed by atoms with Gasteiger partial charge in [-0.2, -0.15) is 0 Å². The Kier molecular flexibility index (Phi) is 3.78. The van der Waals surface area contributed by atoms with Crippen molar-refractivity contribution in [2.45, 2.75) is 45.4 Å². The van der Waals surface area contributed by atoms with Gasteiger partial charge in [0.2, 0.25) is 0 Å². The number of Topliss-reactive ketones (excluding diaryl/α,β-unsaturated/α-hetero) is 1. The van der Waals surface area contributed by atoms with Gasteiger partial charge in [0.1, 0.15) is 0 Å². The first-order valence-electron chi connectivity index (χ1n) is 6.56. The van der Waals surface area contributed by atoms with Crippen molar-refractivity contribution in [3.8, 4) is 0 Å². The smallest absolute Gasteiger partial charge is 0.188 e. The fourth-order valence-electron chi connectivity index (χ4n) is 2.36. The van der Waals surface area contributed by atoms with E-state index in [1.54, 1.807) is 0 Å². The minimum absolute atomic E-state index is 0.191. The Morgan fingerprint density at radius 1 is 1.41 bits per heavy atom. The molecule has 0 bridgehead atoms. The monoisotopic (exact) mass is 228 g/mol. The SMILES string of the molecule is C/C=C(/CC)C(=O)c1cccc(C2CCC2)c1. The van der Waals surface area contributed by atoms with Gasteiger partial charge in [0, 0.05) is 5.56 Å². The third kappa shape index (κ3) is 2.49. The zero-order valence-corrected chi connectivity index (χ0v) is 10.7. The zero-order valence-electron chi connectivity index (χ0n) is 10.7. The minimum Gasteiger partial charge on any atom is -0.289 e. The van der Waals surface area contributed by atoms with Crippen LogP contribution in [-0.4, -0.2) is 5.78 Å². The van der Waals surface area contributed by atoms with Crippen molar-refractivity contribution in [3.63, 3.8) is 0 Å². The number of hydrogen-bond acceptors (Lipinski definition) is 1. The summed E-state index contributed by atoms with van der Waals surface area (Å²) in [6, 6.07) is 8.20. The summed E-state index contributed by atoms with van der Waals surface area (Å²) in [7, 11) is 0. The Labute approximate surface area is 104 Å². The van der Waals surface area contributed by atoms with Crippen molar-refractivity contribution in [1.82, 2.24) is 0 Å². The van der Waals surface area contributed by atoms with E-state index in [0.29, 0.717) is 5.92 Å². The van der Waals surface area contributed by atoms with Gasteiger partial charge in [-0.25, -0.2) is 0 Å². The molecule has 0 amide bonds. The van der Waals surface area contributed by atoms with Gasteiger partial charge >= 0.3 is 0 Å². The van der Waals surface area contributed by atoms with Crippen LogP contribution in [0.3, 0.4) is 0 Å². The summed E-state index contributed by atoms with van der Waals surface area (Å²) in [5.41, 5.74) is 3.11. The van der Waals surface area contributed by atoms with Gasteiger partial charge in [-0.1, -0.05) is 37.6 Å². The van der Waals surface area contributed by atoms with Crippen LogP contribution in [0.1, 0.15) is 61.4 Å². The van der Waals surface area contributed by atoms with Crippen LogP contribution in [-0.2, 0) is 0 Å². The van der Waals surface area contributed by atoms with Crippen molar-refractivity contribution in [3.05, 3.63) is 47.0 Å². The van der Waals surface area contributed by atoms with Gasteiger partial charge < -0.3 is 0 Å². The maximum atomic E-state index is 12.2. The average molecular weight is 228 g/mol. The molecular formula is C16H20O. The summed E-state index contributed by atoms with van der Waals surface area (Å²) < 4.78 is 0. The lowest BCUT2D eigenvalue weighted by atomic mass is 9.79. The molecule has 0 aliphatic heterocycles. The summed E-state index contributed by atoms with van der Waals surface area (Å²) >= 11 is 0. The number of carbonyl (C=O) groups excluding carboxylic acids is 1. The Morgan fingerprint density at radius 2 is 2.18 bits per heavy atom. The van der Waals surface area contributed by atoms with Crippen LogP contribution in [0.2, 0.25) is 0 Å². The topological polar surface area (TPSA) is 17.1 Å². The summed E-state index contributed by atoms with van der Waals surface area (Å²) in [5, 5.41) is 0. The predicted octanol–water partition coefficient (Wildman–Crippen LogP) is 4.49. The lowest BCUT2D eigenvalue weighted by molar-refractivity contribution is 0.103. The third-order valence-electron chi connectivity index (χ3n) is 3.75. The molecule has 1 saturated carbocycles. The highest BCUT2D eigenvalue weighted by atomic mass is 16.1. The zero-order chi connectivity index (χ0) is 12.3. The number of hydrogen-bond donors (Lipinski definition) is 0. The van der Waals surface area contributed by atoms with Crippen LogP contribution in [0.5, 0.6) is 0 Å². The highest BCUT2D eigenvalue weighted by Gasteiger charge is 2.20. The van der Waals surface area contributed by atoms with Crippen LogP contribution in [0.4, 0.5) is 0 Å². The molecule has 0 aromatic heterocycles. The first-order chi connectivity index (χ1) is 8.26. The molecule has 2 rings (SSSR count). The molecule has 0 saturated heterocycles. The molecular weight excluding hydrogens is 208 g/mol. The van der Waals surface area contributed by atoms with E-state index >= 15 is 0 Å². The Morgan fingerprint density at radius 3 is 2.71 bits per heavy atom. The first-order valence-corrected chi connectivity index (χ1v) is 6.56. The number of carbonyl (C=O) groups is 1. The standard InChI is InChI=1S/C16H20O/c1-3-12(4-2)16(17)15-10-6-9-14(11-15)13-7-5-8-13/h3,6,9-11,13H,4-5,7-8H2,1-2H3/b12-3-. The van der Waals surface area contributed by atoms with Gasteiger partial charge in [-0.3, -0.25) is 4.79 Å². The fourth-order valence-corrected chi connectivity index (χ4v) is 2.36. The summed E-state index contributed by atoms with van der Waals surface area (Å²) in [5.74, 6) is 0.884. The maximum absolute atomic E-state index is 12.2. The molecule has 0 unspecified atom stereocenters. The van der Waals surface area contributed by atoms with Gasteiger partial charge in [-0.15, -0.1) is 0 Å². The van der Waals surface area contributed by atoms with Gasteiger partial charge in [-0.05, 0) is 49.3 Å². The van der Waals surface area contributed by atoms with E-state index in [1.807, 2.05) is 32.1 Å². The van der Waals surface area contributed by atoms with Crippen molar-refractivity contribution >= 4 is 5.78 Å². The number of ketones is 1. The van der Waals surface area contributed by atoms with Crippen LogP contribution in [0.15, 0.2) is 35.9 Å². The van der Waals surface area contributed by atoms with E-state index in [-0.39, 0.29) is 5.78 Å². The number of rotatable bonds is 4. The summed E-state index contributed by atoms with van der Waals surface area (Å²) in [4.78, 5) is 12.2. The van der Waals surface area contributed by atoms with Crippen LogP contribution >= 0.6 is 0 Å². The molecule has 90 valence electrons. The number of allylic oxidation sites excluding steroid dienone is 2. The molecule has 0 atom stereocenters. The second-order valence-corrected chi connectivity index (χ2v) is 4.75. The first kappa shape index (κ1) is 12.1. The van der Waals surface area contributed by atoms with Crippen molar-refractivity contribution < 1.29 is 4.79 Å². The lowest BCUT2D eigenvalue weighted by Crippen LogP contribution is -2.10. The second kappa shape index (κ2) is 5.31. The Balaban J connectivity index is 2.23. The quantitative estimate of drug-likeness (QED) is 0.548. The Bertz CT molecular complexity index is 439. The van der Waals surface area contributed by atoms with Gasteiger partial charge in [0.05, 0.1) is 0 Å². The molecule has 1 nitrogen and oxygen atoms in total. The van der Waals surface area contributed by atoms with Crippen LogP contribution in [0.25, 0.3) is 0 Å². The molecule has 0 heterocycles. The van der Waals surface area contributed by atoms with E-state index < -0.39 is 0 Å². The van der Waals surface area contributed by atoms with Gasteiger partial charge in [0.25, 0.3) is 0 Å². The highest BCUT2D eigenvalue weighted by Crippen LogP contribution is 2.36. The van der Waals surface area contributed by atoms with Crippen molar-refractivity contribution in [2.24, 2.45) is 0 Å². The number of benzene rings is 1. The fraction of sp³-hybridized carbons (Fsp3) is 0.438. The normalized spacial score (nSPS) is 16.7. The van der Waals surface area contributed by atoms with E-state index in [1.165, 1.54) is 24.8 Å². The van der Waals surface area contributed by atoms with E-state index in [4.69, 9.17) is 0 Å². The third-order valence-corrected chi connectivity index (χ3v) is 3.75. The minimum atomic E-state index is 0.191. The lowest BCUT2D eigenvalue weighted by Gasteiger charge is -2.26. The average Bonchev–Trinajstić information content (AvgIpc) is 2.28. The predicted molar refractivity (Wildman–Crippen MR) is 71.4 cm³/mol. The molecule has 1 aliphatic rings. The molecule has 1 heteroatoms. The van der Waals surface area contributed by atoms with Gasteiger partial charge in [0.15, 0.2) is 5.78 Å². The molecule has 1 fully saturated rings. The van der Waals surface area contributed by atoms with Crippen molar-refractivity contribution in [2.75, 3.05) is 0 Å². The van der Waals surface area contributed by atoms with E-state index in [9.17, 15) is 4.79 Å². The van der Waals surface area contributed by atoms with Crippen LogP contribution in [0, 0.1) is 0 Å². The van der Waals surface area contributed by atoms with Crippen molar-refractivity contribution in [1.29, 1.82) is 0 Å². The Hall–Kier alpha value is -1.37. The molecule has 17 heavy (non-hydrogen) atoms. The van der Waals surface area contributed by atoms with E-state index in [0.717, 1.165) is 17.6 Å². The summed E-state index contributed by atoms with van der Waals surface area (Å²) in [6.07, 6.45) is 6.63. The largest absolute Gasteiger partial charge is 0.289 e. The molecule has 0 spiro atoms. The van der Waals surface area contributed by atoms with Crippen LogP contribution < -0.4 is 0 Å². The second-order valence-electron chi connectivity index (χ2n) is 4.75.